The zero-order chi connectivity index (χ0) is 26.3. The molecule has 0 aliphatic rings. The third-order valence-electron chi connectivity index (χ3n) is 5.79. The van der Waals surface area contributed by atoms with E-state index < -0.39 is 0 Å². The average molecular weight is 523 g/mol. The molecule has 7 nitrogen and oxygen atoms in total. The maximum atomic E-state index is 13.1. The van der Waals surface area contributed by atoms with Crippen LogP contribution in [0.3, 0.4) is 0 Å². The van der Waals surface area contributed by atoms with Gasteiger partial charge in [-0.25, -0.2) is 10.4 Å². The molecule has 0 fully saturated rings. The molecule has 0 radical (unpaired) electrons. The number of methoxy groups -OCH3 is 1. The highest BCUT2D eigenvalue weighted by Gasteiger charge is 2.14. The van der Waals surface area contributed by atoms with Gasteiger partial charge in [-0.3, -0.25) is 9.78 Å². The van der Waals surface area contributed by atoms with Crippen molar-refractivity contribution in [2.24, 2.45) is 5.10 Å². The Balaban J connectivity index is 1.31. The maximum Gasteiger partial charge on any atom is 0.272 e. The smallest absolute Gasteiger partial charge is 0.272 e. The number of fused-ring (bicyclic) bond motifs is 1. The second-order valence-corrected chi connectivity index (χ2v) is 8.77. The fourth-order valence-corrected chi connectivity index (χ4v) is 4.00. The number of para-hydroxylation sites is 1. The summed E-state index contributed by atoms with van der Waals surface area (Å²) in [4.78, 5) is 22.0. The van der Waals surface area contributed by atoms with Gasteiger partial charge in [0.15, 0.2) is 11.5 Å². The molecule has 188 valence electrons. The molecule has 1 amide bonds. The minimum absolute atomic E-state index is 0.347. The molecule has 1 N–H and O–H groups in total. The summed E-state index contributed by atoms with van der Waals surface area (Å²) in [5, 5.41) is 5.58. The van der Waals surface area contributed by atoms with E-state index in [2.05, 4.69) is 15.5 Å². The predicted octanol–water partition coefficient (Wildman–Crippen LogP) is 6.30. The monoisotopic (exact) mass is 522 g/mol. The fraction of sp³-hybridized carbons (Fsp3) is 0.0667. The predicted molar refractivity (Wildman–Crippen MR) is 149 cm³/mol. The quantitative estimate of drug-likeness (QED) is 0.191. The molecule has 2 aromatic heterocycles. The van der Waals surface area contributed by atoms with E-state index in [4.69, 9.17) is 26.1 Å². The number of carbonyl (C=O) groups excluding carboxylic acids is 1. The molecule has 5 aromatic rings. The van der Waals surface area contributed by atoms with E-state index in [1.165, 1.54) is 0 Å². The molecule has 38 heavy (non-hydrogen) atoms. The highest BCUT2D eigenvalue weighted by Crippen LogP contribution is 2.29. The van der Waals surface area contributed by atoms with Crippen LogP contribution < -0.4 is 14.9 Å². The van der Waals surface area contributed by atoms with Gasteiger partial charge in [-0.05, 0) is 65.7 Å². The zero-order valence-electron chi connectivity index (χ0n) is 20.5. The molecule has 5 rings (SSSR count). The lowest BCUT2D eigenvalue weighted by molar-refractivity contribution is 0.0956. The number of hydrazone groups is 1. The molecule has 2 heterocycles. The van der Waals surface area contributed by atoms with Gasteiger partial charge in [0.2, 0.25) is 0 Å². The van der Waals surface area contributed by atoms with Crippen molar-refractivity contribution >= 4 is 34.6 Å². The highest BCUT2D eigenvalue weighted by atomic mass is 35.5. The summed E-state index contributed by atoms with van der Waals surface area (Å²) in [6, 6.07) is 25.9. The van der Waals surface area contributed by atoms with E-state index in [0.29, 0.717) is 39.9 Å². The number of nitrogens with zero attached hydrogens (tertiary/aromatic N) is 3. The Morgan fingerprint density at radius 1 is 1.00 bits per heavy atom. The molecule has 0 unspecified atom stereocenters. The lowest BCUT2D eigenvalue weighted by Crippen LogP contribution is -2.18. The number of aromatic nitrogens is 2. The summed E-state index contributed by atoms with van der Waals surface area (Å²) in [5.74, 6) is 0.796. The van der Waals surface area contributed by atoms with Crippen molar-refractivity contribution in [1.82, 2.24) is 15.4 Å². The van der Waals surface area contributed by atoms with Gasteiger partial charge in [0.1, 0.15) is 6.61 Å². The van der Waals surface area contributed by atoms with Crippen LogP contribution in [0.25, 0.3) is 22.2 Å². The van der Waals surface area contributed by atoms with Crippen molar-refractivity contribution < 1.29 is 14.3 Å². The average Bonchev–Trinajstić information content (AvgIpc) is 2.97. The third kappa shape index (κ3) is 5.79. The minimum atomic E-state index is -0.347. The van der Waals surface area contributed by atoms with Crippen molar-refractivity contribution in [1.29, 1.82) is 0 Å². The van der Waals surface area contributed by atoms with E-state index in [-0.39, 0.29) is 5.91 Å². The molecule has 0 aliphatic carbocycles. The first-order valence-electron chi connectivity index (χ1n) is 11.8. The molecular weight excluding hydrogens is 500 g/mol. The minimum Gasteiger partial charge on any atom is -0.493 e. The van der Waals surface area contributed by atoms with Crippen LogP contribution in [0.4, 0.5) is 0 Å². The van der Waals surface area contributed by atoms with Crippen molar-refractivity contribution in [2.75, 3.05) is 7.11 Å². The molecule has 8 heteroatoms. The van der Waals surface area contributed by atoms with Gasteiger partial charge in [0, 0.05) is 28.4 Å². The number of halogens is 1. The van der Waals surface area contributed by atoms with Crippen LogP contribution in [0.15, 0.2) is 102 Å². The first kappa shape index (κ1) is 24.9. The number of amides is 1. The number of carbonyl (C=O) groups is 1. The number of benzene rings is 3. The van der Waals surface area contributed by atoms with Crippen LogP contribution in [-0.2, 0) is 6.61 Å². The maximum absolute atomic E-state index is 13.1. The Morgan fingerprint density at radius 2 is 1.84 bits per heavy atom. The molecule has 0 saturated carbocycles. The van der Waals surface area contributed by atoms with Gasteiger partial charge in [-0.15, -0.1) is 0 Å². The highest BCUT2D eigenvalue weighted by molar-refractivity contribution is 6.30. The van der Waals surface area contributed by atoms with Crippen molar-refractivity contribution in [3.63, 3.8) is 0 Å². The van der Waals surface area contributed by atoms with Crippen molar-refractivity contribution in [2.45, 2.75) is 6.61 Å². The van der Waals surface area contributed by atoms with Crippen LogP contribution in [0.5, 0.6) is 11.5 Å². The van der Waals surface area contributed by atoms with Crippen LogP contribution >= 0.6 is 11.6 Å². The molecule has 0 saturated heterocycles. The Bertz CT molecular complexity index is 1610. The standard InChI is InChI=1S/C30H23ClN4O3/c1-37-29-15-21(10-13-28(29)38-19-20-8-11-23(31)12-9-20)17-33-35-30(36)25-16-27(22-5-4-14-32-18-22)34-26-7-3-2-6-24(25)26/h2-18H,19H2,1H3,(H,35,36). The van der Waals surface area contributed by atoms with E-state index in [9.17, 15) is 4.79 Å². The lowest BCUT2D eigenvalue weighted by atomic mass is 10.0. The zero-order valence-corrected chi connectivity index (χ0v) is 21.2. The Hall–Kier alpha value is -4.75. The van der Waals surface area contributed by atoms with Gasteiger partial charge in [0.25, 0.3) is 5.91 Å². The number of hydrogen-bond donors (Lipinski definition) is 1. The second-order valence-electron chi connectivity index (χ2n) is 8.34. The Morgan fingerprint density at radius 3 is 2.63 bits per heavy atom. The molecular formula is C30H23ClN4O3. The number of hydrogen-bond acceptors (Lipinski definition) is 6. The van der Waals surface area contributed by atoms with Gasteiger partial charge >= 0.3 is 0 Å². The number of pyridine rings is 2. The van der Waals surface area contributed by atoms with Crippen LogP contribution in [0, 0.1) is 0 Å². The SMILES string of the molecule is COc1cc(C=NNC(=O)c2cc(-c3cccnc3)nc3ccccc23)ccc1OCc1ccc(Cl)cc1. The van der Waals surface area contributed by atoms with E-state index in [0.717, 1.165) is 22.1 Å². The molecule has 0 bridgehead atoms. The molecule has 3 aromatic carbocycles. The Labute approximate surface area is 224 Å². The van der Waals surface area contributed by atoms with Gasteiger partial charge in [0.05, 0.1) is 30.1 Å². The van der Waals surface area contributed by atoms with Crippen LogP contribution in [0.1, 0.15) is 21.5 Å². The number of nitrogens with one attached hydrogen (secondary N) is 1. The van der Waals surface area contributed by atoms with Crippen LogP contribution in [0.2, 0.25) is 5.02 Å². The second kappa shape index (κ2) is 11.5. The third-order valence-corrected chi connectivity index (χ3v) is 6.05. The summed E-state index contributed by atoms with van der Waals surface area (Å²) >= 11 is 5.94. The number of ether oxygens (including phenoxy) is 2. The van der Waals surface area contributed by atoms with Gasteiger partial charge in [-0.1, -0.05) is 41.9 Å². The summed E-state index contributed by atoms with van der Waals surface area (Å²) in [6.45, 7) is 0.373. The van der Waals surface area contributed by atoms with Crippen molar-refractivity contribution in [3.8, 4) is 22.8 Å². The largest absolute Gasteiger partial charge is 0.493 e. The molecule has 0 atom stereocenters. The fourth-order valence-electron chi connectivity index (χ4n) is 3.88. The number of rotatable bonds is 8. The lowest BCUT2D eigenvalue weighted by Gasteiger charge is -2.11. The normalized spacial score (nSPS) is 11.0. The molecule has 0 aliphatic heterocycles. The first-order valence-corrected chi connectivity index (χ1v) is 12.2. The van der Waals surface area contributed by atoms with Gasteiger partial charge < -0.3 is 9.47 Å². The Kier molecular flexibility index (Phi) is 7.57. The first-order chi connectivity index (χ1) is 18.6. The van der Waals surface area contributed by atoms with Gasteiger partial charge in [-0.2, -0.15) is 5.10 Å². The summed E-state index contributed by atoms with van der Waals surface area (Å²) in [5.41, 5.74) is 7.00. The van der Waals surface area contributed by atoms with E-state index in [1.54, 1.807) is 43.9 Å². The topological polar surface area (TPSA) is 85.7 Å². The van der Waals surface area contributed by atoms with Crippen LogP contribution in [-0.4, -0.2) is 29.2 Å². The molecule has 0 spiro atoms. The summed E-state index contributed by atoms with van der Waals surface area (Å²) in [6.07, 6.45) is 4.96. The summed E-state index contributed by atoms with van der Waals surface area (Å²) in [7, 11) is 1.57. The summed E-state index contributed by atoms with van der Waals surface area (Å²) < 4.78 is 11.4. The van der Waals surface area contributed by atoms with E-state index >= 15 is 0 Å². The van der Waals surface area contributed by atoms with Crippen molar-refractivity contribution in [3.05, 3.63) is 119 Å². The van der Waals surface area contributed by atoms with E-state index in [1.807, 2.05) is 66.7 Å².